The summed E-state index contributed by atoms with van der Waals surface area (Å²) in [5, 5.41) is 29.9. The van der Waals surface area contributed by atoms with Gasteiger partial charge in [0.05, 0.1) is 19.8 Å². The zero-order valence-corrected chi connectivity index (χ0v) is 25.4. The van der Waals surface area contributed by atoms with E-state index in [0.29, 0.717) is 6.61 Å². The van der Waals surface area contributed by atoms with E-state index in [0.717, 1.165) is 25.7 Å². The van der Waals surface area contributed by atoms with Crippen molar-refractivity contribution in [2.75, 3.05) is 26.4 Å². The van der Waals surface area contributed by atoms with Gasteiger partial charge in [-0.15, -0.1) is 0 Å². The average Bonchev–Trinajstić information content (AvgIpc) is 2.91. The molecule has 13 heteroatoms. The first-order chi connectivity index (χ1) is 19.6. The predicted molar refractivity (Wildman–Crippen MR) is 151 cm³/mol. The number of aliphatic hydroxyl groups excluding tert-OH is 3. The largest absolute Gasteiger partial charge is 0.458 e. The summed E-state index contributed by atoms with van der Waals surface area (Å²) in [7, 11) is -5.03. The first-order valence-corrected chi connectivity index (χ1v) is 16.2. The number of carbonyl (C=O) groups is 1. The molecule has 242 valence electrons. The summed E-state index contributed by atoms with van der Waals surface area (Å²) in [6.45, 7) is 2.90. The van der Waals surface area contributed by atoms with Crippen molar-refractivity contribution in [2.45, 2.75) is 134 Å². The van der Waals surface area contributed by atoms with Gasteiger partial charge in [-0.1, -0.05) is 70.4 Å². The molecule has 0 aliphatic carbocycles. The minimum absolute atomic E-state index is 0.0182. The van der Waals surface area contributed by atoms with Gasteiger partial charge in [-0.25, -0.2) is 4.18 Å². The fraction of sp³-hybridized carbons (Fsp3) is 0.893. The SMILES string of the molecule is CCCCCCC/C=C\CCCCCCCCOCC(COC1OC(CO)C(O)C(OS(=O)(=O)O)C1O)OC(C)=O. The molecule has 4 N–H and O–H groups in total. The van der Waals surface area contributed by atoms with Crippen molar-refractivity contribution >= 4 is 16.4 Å². The number of carbonyl (C=O) groups excluding carboxylic acids is 1. The van der Waals surface area contributed by atoms with Crippen molar-refractivity contribution in [3.63, 3.8) is 0 Å². The predicted octanol–water partition coefficient (Wildman–Crippen LogP) is 3.23. The summed E-state index contributed by atoms with van der Waals surface area (Å²) in [4.78, 5) is 11.5. The van der Waals surface area contributed by atoms with E-state index in [1.54, 1.807) is 0 Å². The number of hydrogen-bond donors (Lipinski definition) is 4. The summed E-state index contributed by atoms with van der Waals surface area (Å²) in [5.41, 5.74) is 0. The van der Waals surface area contributed by atoms with Gasteiger partial charge in [0, 0.05) is 13.5 Å². The first-order valence-electron chi connectivity index (χ1n) is 14.9. The second-order valence-electron chi connectivity index (χ2n) is 10.4. The quantitative estimate of drug-likeness (QED) is 0.0542. The Bertz CT molecular complexity index is 806. The van der Waals surface area contributed by atoms with Gasteiger partial charge in [0.25, 0.3) is 0 Å². The Balaban J connectivity index is 2.26. The molecule has 1 saturated heterocycles. The summed E-state index contributed by atoms with van der Waals surface area (Å²) in [5.74, 6) is -0.578. The van der Waals surface area contributed by atoms with E-state index in [1.807, 2.05) is 0 Å². The summed E-state index contributed by atoms with van der Waals surface area (Å²) < 4.78 is 57.1. The standard InChI is InChI=1S/C28H52O12S/c1-3-4-5-6-7-8-9-10-11-12-13-14-15-16-17-18-36-20-23(38-22(2)30)21-37-28-26(32)27(40-41(33,34)35)25(31)24(19-29)39-28/h9-10,23-29,31-32H,3-8,11-21H2,1-2H3,(H,33,34,35)/b10-9-. The number of rotatable bonds is 24. The van der Waals surface area contributed by atoms with Crippen LogP contribution in [0.3, 0.4) is 0 Å². The van der Waals surface area contributed by atoms with Crippen LogP contribution in [0.4, 0.5) is 0 Å². The Morgan fingerprint density at radius 2 is 1.49 bits per heavy atom. The van der Waals surface area contributed by atoms with E-state index in [-0.39, 0.29) is 13.2 Å². The van der Waals surface area contributed by atoms with Crippen LogP contribution in [0.1, 0.15) is 97.3 Å². The van der Waals surface area contributed by atoms with Gasteiger partial charge < -0.3 is 34.3 Å². The molecule has 0 amide bonds. The van der Waals surface area contributed by atoms with E-state index < -0.39 is 59.8 Å². The van der Waals surface area contributed by atoms with Crippen molar-refractivity contribution in [3.05, 3.63) is 12.2 Å². The molecule has 0 aromatic carbocycles. The second-order valence-corrected chi connectivity index (χ2v) is 11.5. The van der Waals surface area contributed by atoms with E-state index in [4.69, 9.17) is 23.5 Å². The molecule has 0 saturated carbocycles. The highest BCUT2D eigenvalue weighted by atomic mass is 32.3. The molecule has 6 unspecified atom stereocenters. The van der Waals surface area contributed by atoms with Crippen molar-refractivity contribution in [2.24, 2.45) is 0 Å². The monoisotopic (exact) mass is 612 g/mol. The maximum atomic E-state index is 11.5. The minimum atomic E-state index is -5.03. The minimum Gasteiger partial charge on any atom is -0.458 e. The Labute approximate surface area is 245 Å². The molecule has 0 aromatic heterocycles. The molecular formula is C28H52O12S. The van der Waals surface area contributed by atoms with E-state index in [9.17, 15) is 28.5 Å². The van der Waals surface area contributed by atoms with Crippen molar-refractivity contribution < 1.29 is 56.2 Å². The highest BCUT2D eigenvalue weighted by Gasteiger charge is 2.47. The van der Waals surface area contributed by atoms with Crippen LogP contribution in [0.25, 0.3) is 0 Å². The Morgan fingerprint density at radius 3 is 2.05 bits per heavy atom. The molecule has 1 aliphatic heterocycles. The average molecular weight is 613 g/mol. The number of ether oxygens (including phenoxy) is 4. The summed E-state index contributed by atoms with van der Waals surface area (Å²) >= 11 is 0. The summed E-state index contributed by atoms with van der Waals surface area (Å²) in [6, 6.07) is 0. The second kappa shape index (κ2) is 22.4. The zero-order chi connectivity index (χ0) is 30.5. The highest BCUT2D eigenvalue weighted by molar-refractivity contribution is 7.80. The van der Waals surface area contributed by atoms with Gasteiger partial charge in [-0.2, -0.15) is 8.42 Å². The lowest BCUT2D eigenvalue weighted by molar-refractivity contribution is -0.301. The molecule has 1 fully saturated rings. The fourth-order valence-corrected chi connectivity index (χ4v) is 5.00. The van der Waals surface area contributed by atoms with Gasteiger partial charge in [0.1, 0.15) is 30.5 Å². The molecular weight excluding hydrogens is 560 g/mol. The van der Waals surface area contributed by atoms with Crippen LogP contribution in [-0.2, 0) is 38.3 Å². The third-order valence-corrected chi connectivity index (χ3v) is 7.15. The molecule has 41 heavy (non-hydrogen) atoms. The van der Waals surface area contributed by atoms with E-state index in [1.165, 1.54) is 64.7 Å². The molecule has 0 bridgehead atoms. The first kappa shape index (κ1) is 37.9. The van der Waals surface area contributed by atoms with Gasteiger partial charge in [0.2, 0.25) is 0 Å². The number of esters is 1. The number of unbranched alkanes of at least 4 members (excludes halogenated alkanes) is 11. The van der Waals surface area contributed by atoms with Gasteiger partial charge in [-0.05, 0) is 32.1 Å². The highest BCUT2D eigenvalue weighted by Crippen LogP contribution is 2.25. The van der Waals surface area contributed by atoms with Crippen LogP contribution in [-0.4, -0.2) is 97.5 Å². The third kappa shape index (κ3) is 18.2. The number of allylic oxidation sites excluding steroid dienone is 2. The smallest absolute Gasteiger partial charge is 0.397 e. The maximum Gasteiger partial charge on any atom is 0.397 e. The fourth-order valence-electron chi connectivity index (χ4n) is 4.49. The van der Waals surface area contributed by atoms with Crippen LogP contribution < -0.4 is 0 Å². The van der Waals surface area contributed by atoms with Crippen molar-refractivity contribution in [1.29, 1.82) is 0 Å². The number of hydrogen-bond acceptors (Lipinski definition) is 11. The lowest BCUT2D eigenvalue weighted by Gasteiger charge is -2.41. The Kier molecular flexibility index (Phi) is 20.7. The molecule has 6 atom stereocenters. The van der Waals surface area contributed by atoms with Crippen LogP contribution in [0.15, 0.2) is 12.2 Å². The van der Waals surface area contributed by atoms with E-state index >= 15 is 0 Å². The third-order valence-electron chi connectivity index (χ3n) is 6.69. The Hall–Kier alpha value is -1.16. The molecule has 12 nitrogen and oxygen atoms in total. The number of aliphatic hydroxyl groups is 3. The van der Waals surface area contributed by atoms with Crippen molar-refractivity contribution in [3.8, 4) is 0 Å². The molecule has 1 aliphatic rings. The molecule has 0 spiro atoms. The van der Waals surface area contributed by atoms with Gasteiger partial charge in [0.15, 0.2) is 6.29 Å². The molecule has 1 heterocycles. The van der Waals surface area contributed by atoms with Gasteiger partial charge >= 0.3 is 16.4 Å². The maximum absolute atomic E-state index is 11.5. The molecule has 0 aromatic rings. The molecule has 0 radical (unpaired) electrons. The van der Waals surface area contributed by atoms with Crippen LogP contribution in [0.2, 0.25) is 0 Å². The normalized spacial score (nSPS) is 24.1. The van der Waals surface area contributed by atoms with Crippen LogP contribution in [0.5, 0.6) is 0 Å². The van der Waals surface area contributed by atoms with E-state index in [2.05, 4.69) is 23.3 Å². The summed E-state index contributed by atoms with van der Waals surface area (Å²) in [6.07, 6.45) is 10.8. The lowest BCUT2D eigenvalue weighted by atomic mass is 9.99. The van der Waals surface area contributed by atoms with Crippen LogP contribution in [0, 0.1) is 0 Å². The van der Waals surface area contributed by atoms with Crippen molar-refractivity contribution in [1.82, 2.24) is 0 Å². The van der Waals surface area contributed by atoms with Crippen LogP contribution >= 0.6 is 0 Å². The Morgan fingerprint density at radius 1 is 0.902 bits per heavy atom. The molecule has 1 rings (SSSR count). The topological polar surface area (TPSA) is 178 Å². The zero-order valence-electron chi connectivity index (χ0n) is 24.6. The van der Waals surface area contributed by atoms with Gasteiger partial charge in [-0.3, -0.25) is 9.35 Å². The lowest BCUT2D eigenvalue weighted by Crippen LogP contribution is -2.60.